The van der Waals surface area contributed by atoms with Gasteiger partial charge in [-0.3, -0.25) is 9.52 Å². The van der Waals surface area contributed by atoms with Gasteiger partial charge in [-0.1, -0.05) is 49.1 Å². The molecule has 0 aliphatic heterocycles. The van der Waals surface area contributed by atoms with Crippen LogP contribution in [0.3, 0.4) is 0 Å². The molecule has 1 amide bonds. The lowest BCUT2D eigenvalue weighted by Crippen LogP contribution is -2.38. The Kier molecular flexibility index (Phi) is 6.07. The number of sulfonamides is 1. The Morgan fingerprint density at radius 3 is 2.41 bits per heavy atom. The normalized spacial score (nSPS) is 15.3. The summed E-state index contributed by atoms with van der Waals surface area (Å²) in [5, 5.41) is 0.0790. The minimum Gasteiger partial charge on any atom is -0.339 e. The quantitative estimate of drug-likeness (QED) is 0.792. The first-order chi connectivity index (χ1) is 12.9. The Morgan fingerprint density at radius 2 is 1.74 bits per heavy atom. The van der Waals surface area contributed by atoms with Gasteiger partial charge in [0.15, 0.2) is 0 Å². The van der Waals surface area contributed by atoms with Gasteiger partial charge < -0.3 is 4.90 Å². The molecular formula is C20H23ClN2O3S. The average Bonchev–Trinajstić information content (AvgIpc) is 2.68. The van der Waals surface area contributed by atoms with Gasteiger partial charge >= 0.3 is 0 Å². The van der Waals surface area contributed by atoms with Crippen LogP contribution in [0, 0.1) is 0 Å². The van der Waals surface area contributed by atoms with Crippen molar-refractivity contribution in [3.63, 3.8) is 0 Å². The maximum absolute atomic E-state index is 12.9. The van der Waals surface area contributed by atoms with Crippen molar-refractivity contribution in [2.75, 3.05) is 11.8 Å². The van der Waals surface area contributed by atoms with E-state index in [9.17, 15) is 13.2 Å². The van der Waals surface area contributed by atoms with Gasteiger partial charge in [-0.15, -0.1) is 0 Å². The van der Waals surface area contributed by atoms with E-state index >= 15 is 0 Å². The summed E-state index contributed by atoms with van der Waals surface area (Å²) in [6, 6.07) is 13.2. The molecule has 1 N–H and O–H groups in total. The smallest absolute Gasteiger partial charge is 0.263 e. The van der Waals surface area contributed by atoms with Gasteiger partial charge in [0.2, 0.25) is 0 Å². The van der Waals surface area contributed by atoms with Crippen LogP contribution in [0.2, 0.25) is 5.02 Å². The van der Waals surface area contributed by atoms with Crippen LogP contribution in [-0.4, -0.2) is 32.3 Å². The fourth-order valence-electron chi connectivity index (χ4n) is 3.40. The predicted octanol–water partition coefficient (Wildman–Crippen LogP) is 4.55. The number of halogens is 1. The summed E-state index contributed by atoms with van der Waals surface area (Å²) in [7, 11) is -2.12. The number of hydrogen-bond donors (Lipinski definition) is 1. The van der Waals surface area contributed by atoms with Crippen LogP contribution in [0.25, 0.3) is 0 Å². The Bertz CT molecular complexity index is 910. The molecule has 1 fully saturated rings. The zero-order valence-electron chi connectivity index (χ0n) is 15.2. The highest BCUT2D eigenvalue weighted by atomic mass is 35.5. The zero-order valence-corrected chi connectivity index (χ0v) is 16.8. The van der Waals surface area contributed by atoms with Crippen molar-refractivity contribution in [3.8, 4) is 0 Å². The van der Waals surface area contributed by atoms with E-state index in [1.165, 1.54) is 18.6 Å². The molecular weight excluding hydrogens is 384 g/mol. The topological polar surface area (TPSA) is 66.5 Å². The van der Waals surface area contributed by atoms with Crippen LogP contribution in [0.1, 0.15) is 42.5 Å². The van der Waals surface area contributed by atoms with Crippen molar-refractivity contribution in [1.82, 2.24) is 4.90 Å². The van der Waals surface area contributed by atoms with Crippen LogP contribution in [0.15, 0.2) is 53.4 Å². The van der Waals surface area contributed by atoms with Crippen LogP contribution < -0.4 is 4.72 Å². The molecule has 2 aromatic carbocycles. The largest absolute Gasteiger partial charge is 0.339 e. The van der Waals surface area contributed by atoms with Gasteiger partial charge in [0.05, 0.1) is 5.02 Å². The van der Waals surface area contributed by atoms with Gasteiger partial charge in [0.1, 0.15) is 4.90 Å². The van der Waals surface area contributed by atoms with Crippen molar-refractivity contribution in [2.45, 2.75) is 43.0 Å². The van der Waals surface area contributed by atoms with E-state index < -0.39 is 10.0 Å². The third kappa shape index (κ3) is 4.62. The monoisotopic (exact) mass is 406 g/mol. The summed E-state index contributed by atoms with van der Waals surface area (Å²) >= 11 is 6.14. The summed E-state index contributed by atoms with van der Waals surface area (Å²) in [6.07, 6.45) is 5.40. The maximum Gasteiger partial charge on any atom is 0.263 e. The second-order valence-electron chi connectivity index (χ2n) is 6.82. The molecule has 0 spiro atoms. The molecule has 5 nitrogen and oxygen atoms in total. The van der Waals surface area contributed by atoms with Crippen molar-refractivity contribution in [2.24, 2.45) is 0 Å². The summed E-state index contributed by atoms with van der Waals surface area (Å²) in [5.74, 6) is -0.185. The maximum atomic E-state index is 12.9. The molecule has 27 heavy (non-hydrogen) atoms. The number of nitrogens with one attached hydrogen (secondary N) is 1. The lowest BCUT2D eigenvalue weighted by atomic mass is 9.94. The van der Waals surface area contributed by atoms with Crippen LogP contribution >= 0.6 is 11.6 Å². The number of carbonyl (C=O) groups is 1. The predicted molar refractivity (Wildman–Crippen MR) is 108 cm³/mol. The number of amides is 1. The molecule has 0 bridgehead atoms. The molecule has 0 saturated heterocycles. The molecule has 2 aromatic rings. The highest BCUT2D eigenvalue weighted by Gasteiger charge is 2.25. The third-order valence-corrected chi connectivity index (χ3v) is 6.80. The molecule has 0 unspecified atom stereocenters. The number of benzene rings is 2. The number of anilines is 1. The Hall–Kier alpha value is -2.05. The van der Waals surface area contributed by atoms with Gasteiger partial charge in [0, 0.05) is 24.3 Å². The summed E-state index contributed by atoms with van der Waals surface area (Å²) in [4.78, 5) is 14.5. The lowest BCUT2D eigenvalue weighted by Gasteiger charge is -2.31. The highest BCUT2D eigenvalue weighted by Crippen LogP contribution is 2.27. The lowest BCUT2D eigenvalue weighted by molar-refractivity contribution is 0.0696. The van der Waals surface area contributed by atoms with Crippen molar-refractivity contribution in [1.29, 1.82) is 0 Å². The van der Waals surface area contributed by atoms with Crippen molar-refractivity contribution < 1.29 is 13.2 Å². The summed E-state index contributed by atoms with van der Waals surface area (Å²) in [6.45, 7) is 0. The van der Waals surface area contributed by atoms with Crippen molar-refractivity contribution >= 4 is 33.2 Å². The Labute approximate surface area is 165 Å². The number of rotatable bonds is 5. The first-order valence-electron chi connectivity index (χ1n) is 9.03. The first-order valence-corrected chi connectivity index (χ1v) is 10.9. The summed E-state index contributed by atoms with van der Waals surface area (Å²) < 4.78 is 28.0. The summed E-state index contributed by atoms with van der Waals surface area (Å²) in [5.41, 5.74) is 0.755. The highest BCUT2D eigenvalue weighted by molar-refractivity contribution is 7.92. The molecule has 0 aromatic heterocycles. The molecule has 1 aliphatic carbocycles. The molecule has 3 rings (SSSR count). The number of hydrogen-bond acceptors (Lipinski definition) is 3. The molecule has 1 aliphatic rings. The molecule has 7 heteroatoms. The van der Waals surface area contributed by atoms with Gasteiger partial charge in [-0.05, 0) is 43.2 Å². The van der Waals surface area contributed by atoms with Crippen LogP contribution in [0.4, 0.5) is 5.69 Å². The minimum atomic E-state index is -3.90. The SMILES string of the molecule is CN(C(=O)c1ccc(Cl)c(S(=O)(=O)Nc2ccccc2)c1)C1CCCCC1. The van der Waals surface area contributed by atoms with E-state index in [1.54, 1.807) is 48.3 Å². The van der Waals surface area contributed by atoms with E-state index in [4.69, 9.17) is 11.6 Å². The van der Waals surface area contributed by atoms with Gasteiger partial charge in [0.25, 0.3) is 15.9 Å². The molecule has 0 atom stereocenters. The van der Waals surface area contributed by atoms with Gasteiger partial charge in [-0.25, -0.2) is 8.42 Å². The van der Waals surface area contributed by atoms with E-state index in [-0.39, 0.29) is 21.9 Å². The van der Waals surface area contributed by atoms with Crippen LogP contribution in [0.5, 0.6) is 0 Å². The average molecular weight is 407 g/mol. The van der Waals surface area contributed by atoms with E-state index in [1.807, 2.05) is 0 Å². The van der Waals surface area contributed by atoms with Crippen molar-refractivity contribution in [3.05, 3.63) is 59.1 Å². The number of nitrogens with zero attached hydrogens (tertiary/aromatic N) is 1. The number of carbonyl (C=O) groups excluding carboxylic acids is 1. The van der Waals surface area contributed by atoms with E-state index in [0.29, 0.717) is 11.3 Å². The second kappa shape index (κ2) is 8.31. The first kappa shape index (κ1) is 19.7. The fraction of sp³-hybridized carbons (Fsp3) is 0.350. The molecule has 0 radical (unpaired) electrons. The Morgan fingerprint density at radius 1 is 1.07 bits per heavy atom. The minimum absolute atomic E-state index is 0.0790. The number of para-hydroxylation sites is 1. The van der Waals surface area contributed by atoms with E-state index in [0.717, 1.165) is 25.7 Å². The standard InChI is InChI=1S/C20H23ClN2O3S/c1-23(17-10-6-3-7-11-17)20(24)15-12-13-18(21)19(14-15)27(25,26)22-16-8-4-2-5-9-16/h2,4-5,8-9,12-14,17,22H,3,6-7,10-11H2,1H3. The molecule has 144 valence electrons. The molecule has 0 heterocycles. The Balaban J connectivity index is 1.86. The van der Waals surface area contributed by atoms with Crippen LogP contribution in [-0.2, 0) is 10.0 Å². The molecule has 1 saturated carbocycles. The fourth-order valence-corrected chi connectivity index (χ4v) is 4.98. The zero-order chi connectivity index (χ0) is 19.4. The van der Waals surface area contributed by atoms with E-state index in [2.05, 4.69) is 4.72 Å². The second-order valence-corrected chi connectivity index (χ2v) is 8.88. The van der Waals surface area contributed by atoms with Gasteiger partial charge in [-0.2, -0.15) is 0 Å². The third-order valence-electron chi connectivity index (χ3n) is 4.94.